The maximum absolute atomic E-state index is 12.2. The van der Waals surface area contributed by atoms with Gasteiger partial charge in [-0.1, -0.05) is 55.8 Å². The first-order chi connectivity index (χ1) is 22.1. The van der Waals surface area contributed by atoms with Crippen LogP contribution in [0, 0.1) is 17.2 Å². The van der Waals surface area contributed by atoms with Gasteiger partial charge in [-0.25, -0.2) is 4.98 Å². The Labute approximate surface area is 269 Å². The number of aromatic nitrogens is 2. The van der Waals surface area contributed by atoms with E-state index in [2.05, 4.69) is 41.9 Å². The van der Waals surface area contributed by atoms with Crippen LogP contribution < -0.4 is 42.8 Å². The van der Waals surface area contributed by atoms with Crippen LogP contribution in [-0.4, -0.2) is 41.9 Å². The normalized spacial score (nSPS) is 11.1. The molecule has 0 saturated carbocycles. The van der Waals surface area contributed by atoms with E-state index in [1.54, 1.807) is 49.5 Å². The Hall–Kier alpha value is -5.74. The minimum atomic E-state index is -0.639. The van der Waals surface area contributed by atoms with Gasteiger partial charge in [0.2, 0.25) is 5.95 Å². The minimum Gasteiger partial charge on any atom is -0.378 e. The minimum absolute atomic E-state index is 0.0239. The lowest BCUT2D eigenvalue weighted by Gasteiger charge is -2.15. The summed E-state index contributed by atoms with van der Waals surface area (Å²) in [6.07, 6.45) is 3.01. The first-order valence-electron chi connectivity index (χ1n) is 14.3. The number of rotatable bonds is 14. The van der Waals surface area contributed by atoms with Crippen LogP contribution in [0.25, 0.3) is 0 Å². The molecule has 0 saturated heterocycles. The SMILES string of the molecule is CNC(=O)c1ccccc1Nc1nc(Nc2ccc(CNc3c(NCCNC(=O)/C(C#N)=C/C(C)C)c(=O)c3=O)cc2)ncc1Cl. The molecule has 0 bridgehead atoms. The lowest BCUT2D eigenvalue weighted by Crippen LogP contribution is -2.39. The maximum Gasteiger partial charge on any atom is 0.261 e. The molecule has 0 aliphatic rings. The standard InChI is InChI=1S/C32H32ClN9O4/c1-18(2)14-20(15-34)30(45)37-13-12-36-25-26(28(44)27(25)43)38-16-19-8-10-21(11-9-19)40-32-39-17-23(33)29(42-32)41-24-7-5-4-6-22(24)31(46)35-3/h4-11,14,17-18,36,38H,12-13,16H2,1-3H3,(H,35,46)(H,37,45)(H2,39,40,41,42)/b20-14+. The van der Waals surface area contributed by atoms with Crippen molar-refractivity contribution in [3.63, 3.8) is 0 Å². The number of hydrogen-bond acceptors (Lipinski definition) is 11. The van der Waals surface area contributed by atoms with Gasteiger partial charge in [-0.15, -0.1) is 0 Å². The molecular weight excluding hydrogens is 610 g/mol. The third kappa shape index (κ3) is 8.25. The summed E-state index contributed by atoms with van der Waals surface area (Å²) in [7, 11) is 1.55. The second-order valence-electron chi connectivity index (χ2n) is 10.3. The molecule has 14 heteroatoms. The number of nitrogens with zero attached hydrogens (tertiary/aromatic N) is 3. The lowest BCUT2D eigenvalue weighted by molar-refractivity contribution is -0.117. The average molecular weight is 642 g/mol. The van der Waals surface area contributed by atoms with E-state index in [-0.39, 0.29) is 59.4 Å². The predicted octanol–water partition coefficient (Wildman–Crippen LogP) is 3.82. The van der Waals surface area contributed by atoms with Crippen molar-refractivity contribution < 1.29 is 9.59 Å². The van der Waals surface area contributed by atoms with Crippen LogP contribution in [-0.2, 0) is 11.3 Å². The van der Waals surface area contributed by atoms with E-state index in [1.807, 2.05) is 32.0 Å². The third-order valence-corrected chi connectivity index (χ3v) is 6.84. The first kappa shape index (κ1) is 33.2. The molecule has 0 fully saturated rings. The number of nitriles is 1. The van der Waals surface area contributed by atoms with Crippen molar-refractivity contribution in [2.75, 3.05) is 41.4 Å². The van der Waals surface area contributed by atoms with Gasteiger partial charge in [0.15, 0.2) is 5.82 Å². The summed E-state index contributed by atoms with van der Waals surface area (Å²) in [6, 6.07) is 16.1. The van der Waals surface area contributed by atoms with E-state index in [1.165, 1.54) is 6.20 Å². The van der Waals surface area contributed by atoms with E-state index in [9.17, 15) is 19.2 Å². The summed E-state index contributed by atoms with van der Waals surface area (Å²) in [4.78, 5) is 57.3. The molecule has 6 N–H and O–H groups in total. The summed E-state index contributed by atoms with van der Waals surface area (Å²) in [6.45, 7) is 4.35. The number of carbonyl (C=O) groups is 2. The van der Waals surface area contributed by atoms with Gasteiger partial charge in [0.05, 0.1) is 17.4 Å². The van der Waals surface area contributed by atoms with Gasteiger partial charge in [-0.05, 0) is 35.7 Å². The van der Waals surface area contributed by atoms with Gasteiger partial charge in [-0.3, -0.25) is 19.2 Å². The van der Waals surface area contributed by atoms with Crippen molar-refractivity contribution in [2.24, 2.45) is 5.92 Å². The number of hydrogen-bond donors (Lipinski definition) is 6. The Morgan fingerprint density at radius 2 is 1.67 bits per heavy atom. The van der Waals surface area contributed by atoms with Crippen molar-refractivity contribution in [2.45, 2.75) is 20.4 Å². The van der Waals surface area contributed by atoms with Crippen LogP contribution in [0.15, 0.2) is 76.0 Å². The zero-order chi connectivity index (χ0) is 33.2. The van der Waals surface area contributed by atoms with Crippen molar-refractivity contribution in [1.82, 2.24) is 20.6 Å². The molecule has 0 radical (unpaired) electrons. The number of para-hydroxylation sites is 1. The van der Waals surface area contributed by atoms with Crippen LogP contribution in [0.4, 0.5) is 34.5 Å². The number of allylic oxidation sites excluding steroid dienone is 1. The number of carbonyl (C=O) groups excluding carboxylic acids is 2. The molecule has 4 aromatic rings. The molecule has 0 atom stereocenters. The van der Waals surface area contributed by atoms with Crippen LogP contribution in [0.5, 0.6) is 0 Å². The first-order valence-corrected chi connectivity index (χ1v) is 14.7. The highest BCUT2D eigenvalue weighted by atomic mass is 35.5. The fourth-order valence-corrected chi connectivity index (χ4v) is 4.42. The highest BCUT2D eigenvalue weighted by Gasteiger charge is 2.20. The summed E-state index contributed by atoms with van der Waals surface area (Å²) in [5, 5.41) is 26.7. The van der Waals surface area contributed by atoms with E-state index in [0.717, 1.165) is 5.56 Å². The van der Waals surface area contributed by atoms with Gasteiger partial charge < -0.3 is 31.9 Å². The number of benzene rings is 2. The van der Waals surface area contributed by atoms with Crippen molar-refractivity contribution in [1.29, 1.82) is 5.26 Å². The van der Waals surface area contributed by atoms with Crippen molar-refractivity contribution in [3.05, 3.63) is 103 Å². The number of halogens is 1. The Kier molecular flexibility index (Phi) is 11.0. The molecule has 1 aromatic heterocycles. The summed E-state index contributed by atoms with van der Waals surface area (Å²) < 4.78 is 0. The molecule has 0 unspecified atom stereocenters. The Morgan fingerprint density at radius 3 is 2.35 bits per heavy atom. The molecule has 2 amide bonds. The van der Waals surface area contributed by atoms with Gasteiger partial charge >= 0.3 is 0 Å². The van der Waals surface area contributed by atoms with E-state index >= 15 is 0 Å². The molecule has 3 aromatic carbocycles. The molecule has 13 nitrogen and oxygen atoms in total. The lowest BCUT2D eigenvalue weighted by atomic mass is 10.1. The third-order valence-electron chi connectivity index (χ3n) is 6.56. The molecule has 0 aliphatic heterocycles. The highest BCUT2D eigenvalue weighted by Crippen LogP contribution is 2.27. The molecule has 0 aliphatic carbocycles. The van der Waals surface area contributed by atoms with E-state index < -0.39 is 16.8 Å². The monoisotopic (exact) mass is 641 g/mol. The van der Waals surface area contributed by atoms with E-state index in [0.29, 0.717) is 22.8 Å². The van der Waals surface area contributed by atoms with Crippen LogP contribution in [0.3, 0.4) is 0 Å². The molecule has 0 spiro atoms. The van der Waals surface area contributed by atoms with Crippen molar-refractivity contribution >= 4 is 57.9 Å². The zero-order valence-electron chi connectivity index (χ0n) is 25.3. The van der Waals surface area contributed by atoms with Gasteiger partial charge in [0.25, 0.3) is 22.7 Å². The molecule has 1 heterocycles. The second kappa shape index (κ2) is 15.3. The molecule has 236 valence electrons. The molecule has 46 heavy (non-hydrogen) atoms. The quantitative estimate of drug-likeness (QED) is 0.0508. The van der Waals surface area contributed by atoms with Gasteiger partial charge in [-0.2, -0.15) is 10.2 Å². The summed E-state index contributed by atoms with van der Waals surface area (Å²) in [5.74, 6) is -0.131. The average Bonchev–Trinajstić information content (AvgIpc) is 3.06. The molecular formula is C32H32ClN9O4. The number of anilines is 6. The van der Waals surface area contributed by atoms with Gasteiger partial charge in [0, 0.05) is 32.4 Å². The Bertz CT molecular complexity index is 1870. The number of nitrogens with one attached hydrogen (secondary N) is 6. The fourth-order valence-electron chi connectivity index (χ4n) is 4.28. The van der Waals surface area contributed by atoms with Crippen LogP contribution in [0.1, 0.15) is 29.8 Å². The summed E-state index contributed by atoms with van der Waals surface area (Å²) >= 11 is 6.32. The van der Waals surface area contributed by atoms with Crippen LogP contribution >= 0.6 is 11.6 Å². The number of amides is 2. The Morgan fingerprint density at radius 1 is 0.978 bits per heavy atom. The molecule has 4 rings (SSSR count). The Balaban J connectivity index is 1.32. The smallest absolute Gasteiger partial charge is 0.261 e. The summed E-state index contributed by atoms with van der Waals surface area (Å²) in [5.41, 5.74) is 1.56. The topological polar surface area (TPSA) is 190 Å². The van der Waals surface area contributed by atoms with Gasteiger partial charge in [0.1, 0.15) is 28.0 Å². The van der Waals surface area contributed by atoms with E-state index in [4.69, 9.17) is 16.9 Å². The second-order valence-corrected chi connectivity index (χ2v) is 10.7. The largest absolute Gasteiger partial charge is 0.378 e. The highest BCUT2D eigenvalue weighted by molar-refractivity contribution is 6.33. The van der Waals surface area contributed by atoms with Crippen molar-refractivity contribution in [3.8, 4) is 6.07 Å². The van der Waals surface area contributed by atoms with Crippen LogP contribution in [0.2, 0.25) is 5.02 Å². The maximum atomic E-state index is 12.2. The fraction of sp³-hybridized carbons (Fsp3) is 0.219. The zero-order valence-corrected chi connectivity index (χ0v) is 26.1. The predicted molar refractivity (Wildman–Crippen MR) is 179 cm³/mol.